The molecule has 0 aliphatic rings. The van der Waals surface area contributed by atoms with Gasteiger partial charge in [-0.3, -0.25) is 9.59 Å². The predicted molar refractivity (Wildman–Crippen MR) is 116 cm³/mol. The monoisotopic (exact) mass is 399 g/mol. The highest BCUT2D eigenvalue weighted by atomic mass is 16.3. The van der Waals surface area contributed by atoms with Crippen LogP contribution in [-0.2, 0) is 5.60 Å². The molecule has 0 spiro atoms. The number of hydrogen-bond acceptors (Lipinski definition) is 4. The molecule has 0 radical (unpaired) electrons. The first-order valence-corrected chi connectivity index (χ1v) is 9.63. The maximum Gasteiger partial charge on any atom is 0.287 e. The third-order valence-corrected chi connectivity index (χ3v) is 5.07. The van der Waals surface area contributed by atoms with Gasteiger partial charge in [0.15, 0.2) is 11.2 Å². The van der Waals surface area contributed by atoms with E-state index in [2.05, 4.69) is 5.32 Å². The minimum atomic E-state index is -1.29. The molecule has 5 heteroatoms. The van der Waals surface area contributed by atoms with E-state index < -0.39 is 11.5 Å². The summed E-state index contributed by atoms with van der Waals surface area (Å²) >= 11 is 0. The van der Waals surface area contributed by atoms with Crippen molar-refractivity contribution in [2.24, 2.45) is 0 Å². The summed E-state index contributed by atoms with van der Waals surface area (Å²) in [4.78, 5) is 24.7. The van der Waals surface area contributed by atoms with E-state index in [0.29, 0.717) is 16.5 Å². The average Bonchev–Trinajstić information content (AvgIpc) is 2.78. The van der Waals surface area contributed by atoms with Crippen molar-refractivity contribution >= 4 is 16.9 Å². The van der Waals surface area contributed by atoms with Crippen molar-refractivity contribution in [3.63, 3.8) is 0 Å². The van der Waals surface area contributed by atoms with Crippen molar-refractivity contribution in [2.75, 3.05) is 6.54 Å². The highest BCUT2D eigenvalue weighted by Gasteiger charge is 2.25. The molecule has 4 aromatic rings. The number of aliphatic hydroxyl groups is 1. The molecule has 0 saturated heterocycles. The Kier molecular flexibility index (Phi) is 5.21. The van der Waals surface area contributed by atoms with E-state index in [9.17, 15) is 14.7 Å². The number of carbonyl (C=O) groups excluding carboxylic acids is 1. The van der Waals surface area contributed by atoms with Gasteiger partial charge in [0.2, 0.25) is 0 Å². The van der Waals surface area contributed by atoms with Crippen LogP contribution in [0.15, 0.2) is 94.1 Å². The molecule has 0 aliphatic heterocycles. The summed E-state index contributed by atoms with van der Waals surface area (Å²) in [5, 5.41) is 13.9. The Morgan fingerprint density at radius 2 is 1.57 bits per heavy atom. The molecule has 1 unspecified atom stereocenters. The SMILES string of the molecule is CC(O)(CNC(=O)c1cc(=O)c2ccccc2o1)c1ccc(-c2ccccc2)cc1. The summed E-state index contributed by atoms with van der Waals surface area (Å²) in [7, 11) is 0. The second-order valence-corrected chi connectivity index (χ2v) is 7.37. The maximum atomic E-state index is 12.5. The smallest absolute Gasteiger partial charge is 0.287 e. The maximum absolute atomic E-state index is 12.5. The largest absolute Gasteiger partial charge is 0.451 e. The molecule has 0 bridgehead atoms. The minimum Gasteiger partial charge on any atom is -0.451 e. The summed E-state index contributed by atoms with van der Waals surface area (Å²) in [6, 6.07) is 25.4. The Balaban J connectivity index is 1.48. The Hall–Kier alpha value is -3.70. The summed E-state index contributed by atoms with van der Waals surface area (Å²) in [6.07, 6.45) is 0. The molecule has 1 atom stereocenters. The third-order valence-electron chi connectivity index (χ3n) is 5.07. The molecule has 0 fully saturated rings. The molecule has 5 nitrogen and oxygen atoms in total. The predicted octanol–water partition coefficient (Wildman–Crippen LogP) is 4.10. The molecule has 1 amide bonds. The minimum absolute atomic E-state index is 0.0347. The van der Waals surface area contributed by atoms with Crippen LogP contribution in [0.4, 0.5) is 0 Å². The van der Waals surface area contributed by atoms with E-state index in [1.54, 1.807) is 31.2 Å². The molecule has 30 heavy (non-hydrogen) atoms. The van der Waals surface area contributed by atoms with Crippen molar-refractivity contribution in [3.8, 4) is 11.1 Å². The van der Waals surface area contributed by atoms with Crippen LogP contribution in [0.5, 0.6) is 0 Å². The number of amides is 1. The van der Waals surface area contributed by atoms with E-state index in [1.165, 1.54) is 6.07 Å². The lowest BCUT2D eigenvalue weighted by Crippen LogP contribution is -2.38. The third kappa shape index (κ3) is 4.02. The topological polar surface area (TPSA) is 79.5 Å². The Labute approximate surface area is 173 Å². The second-order valence-electron chi connectivity index (χ2n) is 7.37. The molecular formula is C25H21NO4. The van der Waals surface area contributed by atoms with E-state index in [4.69, 9.17) is 4.42 Å². The van der Waals surface area contributed by atoms with Crippen LogP contribution in [0.2, 0.25) is 0 Å². The van der Waals surface area contributed by atoms with Gasteiger partial charge in [-0.15, -0.1) is 0 Å². The molecule has 1 aromatic heterocycles. The van der Waals surface area contributed by atoms with Crippen molar-refractivity contribution in [1.29, 1.82) is 0 Å². The van der Waals surface area contributed by atoms with Gasteiger partial charge in [0.25, 0.3) is 5.91 Å². The number of para-hydroxylation sites is 1. The highest BCUT2D eigenvalue weighted by molar-refractivity contribution is 5.93. The summed E-state index contributed by atoms with van der Waals surface area (Å²) in [5.41, 5.74) is 1.56. The van der Waals surface area contributed by atoms with Crippen molar-refractivity contribution in [1.82, 2.24) is 5.32 Å². The fourth-order valence-corrected chi connectivity index (χ4v) is 3.31. The molecule has 4 rings (SSSR count). The number of fused-ring (bicyclic) bond motifs is 1. The van der Waals surface area contributed by atoms with Crippen LogP contribution < -0.4 is 10.7 Å². The Morgan fingerprint density at radius 3 is 2.30 bits per heavy atom. The van der Waals surface area contributed by atoms with Crippen LogP contribution in [-0.4, -0.2) is 17.6 Å². The van der Waals surface area contributed by atoms with E-state index in [-0.39, 0.29) is 17.7 Å². The van der Waals surface area contributed by atoms with Gasteiger partial charge in [-0.2, -0.15) is 0 Å². The number of nitrogens with one attached hydrogen (secondary N) is 1. The molecule has 0 saturated carbocycles. The number of carbonyl (C=O) groups is 1. The van der Waals surface area contributed by atoms with E-state index in [1.807, 2.05) is 54.6 Å². The number of rotatable bonds is 5. The Bertz CT molecular complexity index is 1240. The van der Waals surface area contributed by atoms with Gasteiger partial charge in [-0.25, -0.2) is 0 Å². The first kappa shape index (κ1) is 19.6. The standard InChI is InChI=1S/C25H21NO4/c1-25(29,19-13-11-18(12-14-19)17-7-3-2-4-8-17)16-26-24(28)23-15-21(27)20-9-5-6-10-22(20)30-23/h2-15,29H,16H2,1H3,(H,26,28). The van der Waals surface area contributed by atoms with Gasteiger partial charge in [0, 0.05) is 6.07 Å². The van der Waals surface area contributed by atoms with Gasteiger partial charge in [-0.1, -0.05) is 66.7 Å². The molecular weight excluding hydrogens is 378 g/mol. The first-order chi connectivity index (χ1) is 14.4. The van der Waals surface area contributed by atoms with Crippen LogP contribution >= 0.6 is 0 Å². The first-order valence-electron chi connectivity index (χ1n) is 9.63. The second kappa shape index (κ2) is 7.97. The fraction of sp³-hybridized carbons (Fsp3) is 0.120. The number of hydrogen-bond donors (Lipinski definition) is 2. The average molecular weight is 399 g/mol. The normalized spacial score (nSPS) is 13.0. The lowest BCUT2D eigenvalue weighted by Gasteiger charge is -2.24. The van der Waals surface area contributed by atoms with Gasteiger partial charge >= 0.3 is 0 Å². The molecule has 2 N–H and O–H groups in total. The van der Waals surface area contributed by atoms with Crippen LogP contribution in [0.25, 0.3) is 22.1 Å². The zero-order chi connectivity index (χ0) is 21.1. The van der Waals surface area contributed by atoms with Crippen molar-refractivity contribution < 1.29 is 14.3 Å². The Morgan fingerprint density at radius 1 is 0.933 bits per heavy atom. The van der Waals surface area contributed by atoms with Crippen LogP contribution in [0.1, 0.15) is 23.0 Å². The zero-order valence-electron chi connectivity index (χ0n) is 16.5. The van der Waals surface area contributed by atoms with Gasteiger partial charge < -0.3 is 14.8 Å². The van der Waals surface area contributed by atoms with Crippen LogP contribution in [0, 0.1) is 0 Å². The highest BCUT2D eigenvalue weighted by Crippen LogP contribution is 2.25. The summed E-state index contributed by atoms with van der Waals surface area (Å²) in [5.74, 6) is -0.645. The molecule has 3 aromatic carbocycles. The lowest BCUT2D eigenvalue weighted by atomic mass is 9.93. The fourth-order valence-electron chi connectivity index (χ4n) is 3.31. The lowest BCUT2D eigenvalue weighted by molar-refractivity contribution is 0.0519. The summed E-state index contributed by atoms with van der Waals surface area (Å²) in [6.45, 7) is 1.59. The van der Waals surface area contributed by atoms with Gasteiger partial charge in [0.1, 0.15) is 11.2 Å². The van der Waals surface area contributed by atoms with Crippen molar-refractivity contribution in [3.05, 3.63) is 106 Å². The summed E-state index contributed by atoms with van der Waals surface area (Å²) < 4.78 is 5.55. The quantitative estimate of drug-likeness (QED) is 0.530. The molecule has 1 heterocycles. The van der Waals surface area contributed by atoms with E-state index in [0.717, 1.165) is 11.1 Å². The van der Waals surface area contributed by atoms with Crippen molar-refractivity contribution in [2.45, 2.75) is 12.5 Å². The zero-order valence-corrected chi connectivity index (χ0v) is 16.5. The van der Waals surface area contributed by atoms with E-state index >= 15 is 0 Å². The van der Waals surface area contributed by atoms with Crippen LogP contribution in [0.3, 0.4) is 0 Å². The van der Waals surface area contributed by atoms with Gasteiger partial charge in [0.05, 0.1) is 11.9 Å². The van der Waals surface area contributed by atoms with Gasteiger partial charge in [-0.05, 0) is 35.7 Å². The number of benzene rings is 3. The molecule has 150 valence electrons. The molecule has 0 aliphatic carbocycles.